The normalized spacial score (nSPS) is 16.8. The van der Waals surface area contributed by atoms with E-state index < -0.39 is 12.3 Å². The molecule has 17 heavy (non-hydrogen) atoms. The van der Waals surface area contributed by atoms with E-state index in [0.717, 1.165) is 5.56 Å². The fraction of sp³-hybridized carbons (Fsp3) is 0.538. The minimum atomic E-state index is -0.864. The Morgan fingerprint density at radius 1 is 1.24 bits per heavy atom. The second-order valence-electron chi connectivity index (χ2n) is 4.58. The molecule has 0 heterocycles. The second kappa shape index (κ2) is 6.71. The Morgan fingerprint density at radius 3 is 2.29 bits per heavy atom. The number of hydrogen-bond donors (Lipinski definition) is 4. The molecule has 3 atom stereocenters. The summed E-state index contributed by atoms with van der Waals surface area (Å²) in [4.78, 5) is 0. The van der Waals surface area contributed by atoms with Crippen molar-refractivity contribution in [3.8, 4) is 0 Å². The average molecular weight is 238 g/mol. The summed E-state index contributed by atoms with van der Waals surface area (Å²) in [6, 6.07) is 8.77. The molecule has 96 valence electrons. The Kier molecular flexibility index (Phi) is 5.58. The van der Waals surface area contributed by atoms with Crippen LogP contribution in [0.2, 0.25) is 0 Å². The second-order valence-corrected chi connectivity index (χ2v) is 4.58. The minimum Gasteiger partial charge on any atom is -0.395 e. The Balaban J connectivity index is 2.61. The maximum atomic E-state index is 9.97. The Labute approximate surface area is 102 Å². The van der Waals surface area contributed by atoms with Gasteiger partial charge in [0.15, 0.2) is 0 Å². The first-order chi connectivity index (χ1) is 8.06. The lowest BCUT2D eigenvalue weighted by Crippen LogP contribution is -2.48. The third kappa shape index (κ3) is 4.09. The van der Waals surface area contributed by atoms with Crippen molar-refractivity contribution in [1.82, 2.24) is 5.32 Å². The van der Waals surface area contributed by atoms with Crippen molar-refractivity contribution >= 4 is 0 Å². The van der Waals surface area contributed by atoms with Crippen molar-refractivity contribution in [2.45, 2.75) is 32.2 Å². The van der Waals surface area contributed by atoms with E-state index in [1.807, 2.05) is 44.2 Å². The summed E-state index contributed by atoms with van der Waals surface area (Å²) < 4.78 is 0. The summed E-state index contributed by atoms with van der Waals surface area (Å²) in [6.45, 7) is 3.94. The van der Waals surface area contributed by atoms with Crippen molar-refractivity contribution < 1.29 is 10.2 Å². The fourth-order valence-corrected chi connectivity index (χ4v) is 1.64. The molecule has 1 aromatic rings. The lowest BCUT2D eigenvalue weighted by Gasteiger charge is -2.27. The lowest BCUT2D eigenvalue weighted by molar-refractivity contribution is 0.0699. The molecule has 0 saturated carbocycles. The standard InChI is InChI=1S/C13H22N2O2/c1-9(2)11(8-16)15-13(17)12(14)10-6-4-3-5-7-10/h3-7,9,11-13,15-17H,8,14H2,1-2H3/t11-,12+,13-/m0/s1. The quantitative estimate of drug-likeness (QED) is 0.548. The molecule has 0 aromatic heterocycles. The van der Waals surface area contributed by atoms with Crippen LogP contribution in [0.5, 0.6) is 0 Å². The van der Waals surface area contributed by atoms with Gasteiger partial charge in [-0.05, 0) is 11.5 Å². The van der Waals surface area contributed by atoms with Gasteiger partial charge in [-0.15, -0.1) is 0 Å². The molecule has 0 aliphatic rings. The zero-order valence-corrected chi connectivity index (χ0v) is 10.4. The number of hydrogen-bond acceptors (Lipinski definition) is 4. The lowest BCUT2D eigenvalue weighted by atomic mass is 10.0. The monoisotopic (exact) mass is 238 g/mol. The molecule has 1 aromatic carbocycles. The van der Waals surface area contributed by atoms with Crippen LogP contribution in [0, 0.1) is 5.92 Å². The molecule has 0 fully saturated rings. The van der Waals surface area contributed by atoms with Crippen LogP contribution < -0.4 is 11.1 Å². The third-order valence-corrected chi connectivity index (χ3v) is 2.91. The number of benzene rings is 1. The number of nitrogens with one attached hydrogen (secondary N) is 1. The van der Waals surface area contributed by atoms with Gasteiger partial charge < -0.3 is 15.9 Å². The molecule has 1 rings (SSSR count). The van der Waals surface area contributed by atoms with Crippen molar-refractivity contribution in [3.63, 3.8) is 0 Å². The molecule has 0 radical (unpaired) electrons. The molecule has 0 saturated heterocycles. The van der Waals surface area contributed by atoms with E-state index in [2.05, 4.69) is 5.32 Å². The highest BCUT2D eigenvalue weighted by Gasteiger charge is 2.21. The highest BCUT2D eigenvalue weighted by molar-refractivity contribution is 5.19. The van der Waals surface area contributed by atoms with E-state index >= 15 is 0 Å². The summed E-state index contributed by atoms with van der Waals surface area (Å²) >= 11 is 0. The zero-order valence-electron chi connectivity index (χ0n) is 10.4. The van der Waals surface area contributed by atoms with Gasteiger partial charge in [0.05, 0.1) is 12.6 Å². The smallest absolute Gasteiger partial charge is 0.124 e. The Morgan fingerprint density at radius 2 is 1.82 bits per heavy atom. The van der Waals surface area contributed by atoms with Gasteiger partial charge in [0.2, 0.25) is 0 Å². The summed E-state index contributed by atoms with van der Waals surface area (Å²) in [6.07, 6.45) is -0.864. The van der Waals surface area contributed by atoms with Crippen LogP contribution in [-0.2, 0) is 0 Å². The van der Waals surface area contributed by atoms with Crippen LogP contribution in [0.25, 0.3) is 0 Å². The van der Waals surface area contributed by atoms with Crippen LogP contribution in [0.1, 0.15) is 25.5 Å². The van der Waals surface area contributed by atoms with Crippen molar-refractivity contribution in [2.75, 3.05) is 6.61 Å². The van der Waals surface area contributed by atoms with E-state index in [1.165, 1.54) is 0 Å². The zero-order chi connectivity index (χ0) is 12.8. The minimum absolute atomic E-state index is 0.0176. The van der Waals surface area contributed by atoms with Gasteiger partial charge in [-0.25, -0.2) is 0 Å². The third-order valence-electron chi connectivity index (χ3n) is 2.91. The fourth-order valence-electron chi connectivity index (χ4n) is 1.64. The molecular formula is C13H22N2O2. The number of aliphatic hydroxyl groups excluding tert-OH is 2. The van der Waals surface area contributed by atoms with Gasteiger partial charge in [0, 0.05) is 6.04 Å². The van der Waals surface area contributed by atoms with Crippen molar-refractivity contribution in [3.05, 3.63) is 35.9 Å². The van der Waals surface area contributed by atoms with Crippen LogP contribution >= 0.6 is 0 Å². The van der Waals surface area contributed by atoms with Gasteiger partial charge in [-0.3, -0.25) is 5.32 Å². The predicted molar refractivity (Wildman–Crippen MR) is 68.2 cm³/mol. The molecule has 0 bridgehead atoms. The molecule has 0 aliphatic carbocycles. The molecule has 0 aliphatic heterocycles. The SMILES string of the molecule is CC(C)[C@H](CO)N[C@@H](O)[C@H](N)c1ccccc1. The largest absolute Gasteiger partial charge is 0.395 e. The van der Waals surface area contributed by atoms with Gasteiger partial charge in [-0.1, -0.05) is 44.2 Å². The molecule has 4 nitrogen and oxygen atoms in total. The summed E-state index contributed by atoms with van der Waals surface area (Å²) in [5, 5.41) is 22.1. The average Bonchev–Trinajstić information content (AvgIpc) is 2.35. The Bertz CT molecular complexity index is 316. The highest BCUT2D eigenvalue weighted by Crippen LogP contribution is 2.13. The van der Waals surface area contributed by atoms with Gasteiger partial charge in [0.25, 0.3) is 0 Å². The first-order valence-electron chi connectivity index (χ1n) is 5.91. The Hall–Kier alpha value is -0.940. The number of rotatable bonds is 6. The van der Waals surface area contributed by atoms with Crippen LogP contribution in [0.15, 0.2) is 30.3 Å². The van der Waals surface area contributed by atoms with Crippen LogP contribution in [-0.4, -0.2) is 29.1 Å². The van der Waals surface area contributed by atoms with Gasteiger partial charge in [-0.2, -0.15) is 0 Å². The van der Waals surface area contributed by atoms with Crippen LogP contribution in [0.3, 0.4) is 0 Å². The van der Waals surface area contributed by atoms with E-state index in [9.17, 15) is 10.2 Å². The predicted octanol–water partition coefficient (Wildman–Crippen LogP) is 0.611. The van der Waals surface area contributed by atoms with Crippen molar-refractivity contribution in [2.24, 2.45) is 11.7 Å². The summed E-state index contributed by atoms with van der Waals surface area (Å²) in [5.41, 5.74) is 6.82. The van der Waals surface area contributed by atoms with Crippen LogP contribution in [0.4, 0.5) is 0 Å². The molecule has 4 heteroatoms. The molecule has 5 N–H and O–H groups in total. The van der Waals surface area contributed by atoms with Gasteiger partial charge >= 0.3 is 0 Å². The number of aliphatic hydroxyl groups is 2. The van der Waals surface area contributed by atoms with E-state index in [4.69, 9.17) is 5.73 Å². The first kappa shape index (κ1) is 14.1. The number of nitrogens with two attached hydrogens (primary N) is 1. The maximum Gasteiger partial charge on any atom is 0.124 e. The van der Waals surface area contributed by atoms with Crippen molar-refractivity contribution in [1.29, 1.82) is 0 Å². The molecule has 0 unspecified atom stereocenters. The van der Waals surface area contributed by atoms with E-state index in [1.54, 1.807) is 0 Å². The highest BCUT2D eigenvalue weighted by atomic mass is 16.3. The van der Waals surface area contributed by atoms with E-state index in [-0.39, 0.29) is 18.6 Å². The maximum absolute atomic E-state index is 9.97. The van der Waals surface area contributed by atoms with Gasteiger partial charge in [0.1, 0.15) is 6.23 Å². The summed E-state index contributed by atoms with van der Waals surface area (Å²) in [5.74, 6) is 0.234. The molecular weight excluding hydrogens is 216 g/mol. The summed E-state index contributed by atoms with van der Waals surface area (Å²) in [7, 11) is 0. The van der Waals surface area contributed by atoms with E-state index in [0.29, 0.717) is 0 Å². The molecule has 0 spiro atoms. The first-order valence-corrected chi connectivity index (χ1v) is 5.91. The molecule has 0 amide bonds. The topological polar surface area (TPSA) is 78.5 Å².